The average molecular weight is 784 g/mol. The zero-order valence-corrected chi connectivity index (χ0v) is 33.4. The van der Waals surface area contributed by atoms with Gasteiger partial charge in [0.25, 0.3) is 5.91 Å². The van der Waals surface area contributed by atoms with Crippen molar-refractivity contribution < 1.29 is 18.8 Å². The molecule has 6 aliphatic rings. The molecule has 3 amide bonds. The highest BCUT2D eigenvalue weighted by Gasteiger charge is 2.39. The number of nitrogens with one attached hydrogen (secondary N) is 2. The summed E-state index contributed by atoms with van der Waals surface area (Å²) in [5, 5.41) is 9.89. The van der Waals surface area contributed by atoms with Gasteiger partial charge < -0.3 is 14.7 Å². The third-order valence-electron chi connectivity index (χ3n) is 14.2. The van der Waals surface area contributed by atoms with Crippen molar-refractivity contribution >= 4 is 45.6 Å². The number of hydrogen-bond donors (Lipinski definition) is 2. The lowest BCUT2D eigenvalue weighted by Gasteiger charge is -2.40. The minimum Gasteiger partial charge on any atom is -0.372 e. The molecule has 58 heavy (non-hydrogen) atoms. The molecule has 0 unspecified atom stereocenters. The Balaban J connectivity index is 0.755. The molecule has 4 fully saturated rings. The summed E-state index contributed by atoms with van der Waals surface area (Å²) in [7, 11) is 0. The normalized spacial score (nSPS) is 22.5. The van der Waals surface area contributed by atoms with Crippen LogP contribution in [0.3, 0.4) is 0 Å². The highest BCUT2D eigenvalue weighted by molar-refractivity contribution is 6.05. The second-order valence-electron chi connectivity index (χ2n) is 17.7. The number of aromatic amines is 1. The maximum absolute atomic E-state index is 15.0. The van der Waals surface area contributed by atoms with Crippen molar-refractivity contribution in [2.75, 3.05) is 55.6 Å². The first-order valence-electron chi connectivity index (χ1n) is 21.8. The van der Waals surface area contributed by atoms with Gasteiger partial charge in [-0.05, 0) is 121 Å². The first-order chi connectivity index (χ1) is 28.4. The number of piperidine rings is 2. The number of benzene rings is 3. The van der Waals surface area contributed by atoms with Gasteiger partial charge in [0.2, 0.25) is 17.8 Å². The number of aryl methyl sites for hydroxylation is 1. The molecule has 2 aliphatic carbocycles. The standard InChI is InChI=1S/C47H54FN7O3/c48-45-44-38-7-3-6-33(26-30-4-1-2-5-30)43(39(38)14-15-40(44)50-51-45)32-8-10-35(11-9-32)53-20-18-31(19-21-53)28-52-22-24-54(25-23-52)36-12-13-37-34(27-36)29-55(47(37)58)41-16-17-42(56)49-46(41)57/h8-15,27,30-31,41H,1-7,16-26,28-29H2,(H,50,51)(H,49,56,57)/t41-/m0/s1. The van der Waals surface area contributed by atoms with Gasteiger partial charge in [0.1, 0.15) is 6.04 Å². The molecule has 302 valence electrons. The molecule has 5 heterocycles. The zero-order valence-electron chi connectivity index (χ0n) is 33.4. The molecule has 10 nitrogen and oxygen atoms in total. The van der Waals surface area contributed by atoms with E-state index in [1.54, 1.807) is 10.5 Å². The molecule has 2 N–H and O–H groups in total. The Hall–Kier alpha value is -5.03. The number of anilines is 2. The smallest absolute Gasteiger partial charge is 0.255 e. The molecule has 11 heteroatoms. The zero-order chi connectivity index (χ0) is 39.3. The van der Waals surface area contributed by atoms with E-state index in [4.69, 9.17) is 0 Å². The fraction of sp³-hybridized carbons (Fsp3) is 0.489. The van der Waals surface area contributed by atoms with Gasteiger partial charge in [-0.25, -0.2) is 0 Å². The van der Waals surface area contributed by atoms with Crippen molar-refractivity contribution in [2.45, 2.75) is 89.6 Å². The molecule has 0 spiro atoms. The summed E-state index contributed by atoms with van der Waals surface area (Å²) in [4.78, 5) is 46.5. The third-order valence-corrected chi connectivity index (χ3v) is 14.2. The third kappa shape index (κ3) is 7.09. The van der Waals surface area contributed by atoms with Crippen molar-refractivity contribution in [1.82, 2.24) is 25.3 Å². The topological polar surface area (TPSA) is 105 Å². The van der Waals surface area contributed by atoms with Gasteiger partial charge in [-0.2, -0.15) is 4.39 Å². The number of carbonyl (C=O) groups is 3. The molecule has 10 rings (SSSR count). The molecule has 1 saturated carbocycles. The predicted octanol–water partition coefficient (Wildman–Crippen LogP) is 7.22. The number of H-pyrrole nitrogens is 1. The molecule has 3 saturated heterocycles. The van der Waals surface area contributed by atoms with Crippen molar-refractivity contribution in [3.63, 3.8) is 0 Å². The predicted molar refractivity (Wildman–Crippen MR) is 224 cm³/mol. The number of fused-ring (bicyclic) bond motifs is 4. The van der Waals surface area contributed by atoms with Gasteiger partial charge >= 0.3 is 0 Å². The fourth-order valence-corrected chi connectivity index (χ4v) is 11.1. The lowest BCUT2D eigenvalue weighted by atomic mass is 9.85. The van der Waals surface area contributed by atoms with Crippen LogP contribution < -0.4 is 15.1 Å². The van der Waals surface area contributed by atoms with Crippen LogP contribution in [0.25, 0.3) is 16.5 Å². The fourth-order valence-electron chi connectivity index (χ4n) is 11.1. The number of halogens is 1. The lowest BCUT2D eigenvalue weighted by molar-refractivity contribution is -0.136. The summed E-state index contributed by atoms with van der Waals surface area (Å²) in [5.41, 5.74) is 11.2. The maximum atomic E-state index is 15.0. The molecule has 3 aromatic carbocycles. The van der Waals surface area contributed by atoms with E-state index in [-0.39, 0.29) is 30.1 Å². The molecule has 0 radical (unpaired) electrons. The van der Waals surface area contributed by atoms with Gasteiger partial charge in [-0.1, -0.05) is 49.5 Å². The Labute approximate surface area is 339 Å². The lowest BCUT2D eigenvalue weighted by Crippen LogP contribution is -2.52. The Morgan fingerprint density at radius 2 is 1.47 bits per heavy atom. The summed E-state index contributed by atoms with van der Waals surface area (Å²) in [6, 6.07) is 19.0. The minimum absolute atomic E-state index is 0.124. The summed E-state index contributed by atoms with van der Waals surface area (Å²) < 4.78 is 15.0. The molecule has 0 bridgehead atoms. The van der Waals surface area contributed by atoms with Crippen LogP contribution >= 0.6 is 0 Å². The SMILES string of the molecule is O=C1CC[C@H](N2Cc3cc(N4CCN(CC5CCN(c6ccc(C7=C(CC8CCCC8)CCCc8c7ccc7[nH]nc(F)c87)cc6)CC5)CC4)ccc3C2=O)C(=O)N1. The first-order valence-corrected chi connectivity index (χ1v) is 21.8. The van der Waals surface area contributed by atoms with Gasteiger partial charge in [0.15, 0.2) is 0 Å². The molecular formula is C47H54FN7O3. The van der Waals surface area contributed by atoms with E-state index < -0.39 is 6.04 Å². The van der Waals surface area contributed by atoms with Crippen molar-refractivity contribution in [1.29, 1.82) is 0 Å². The van der Waals surface area contributed by atoms with Gasteiger partial charge in [0, 0.05) is 75.7 Å². The van der Waals surface area contributed by atoms with Crippen LogP contribution in [0, 0.1) is 17.8 Å². The highest BCUT2D eigenvalue weighted by Crippen LogP contribution is 2.43. The monoisotopic (exact) mass is 783 g/mol. The van der Waals surface area contributed by atoms with Crippen LogP contribution in [-0.2, 0) is 22.6 Å². The van der Waals surface area contributed by atoms with E-state index in [9.17, 15) is 14.4 Å². The van der Waals surface area contributed by atoms with Gasteiger partial charge in [-0.3, -0.25) is 29.7 Å². The number of piperazine rings is 1. The maximum Gasteiger partial charge on any atom is 0.255 e. The van der Waals surface area contributed by atoms with Crippen LogP contribution in [0.2, 0.25) is 0 Å². The summed E-state index contributed by atoms with van der Waals surface area (Å²) in [5.74, 6) is 0.283. The van der Waals surface area contributed by atoms with Crippen molar-refractivity contribution in [2.24, 2.45) is 11.8 Å². The first kappa shape index (κ1) is 37.3. The number of nitrogens with zero attached hydrogens (tertiary/aromatic N) is 5. The van der Waals surface area contributed by atoms with Crippen LogP contribution in [0.1, 0.15) is 103 Å². The molecule has 1 aromatic heterocycles. The van der Waals surface area contributed by atoms with E-state index in [0.29, 0.717) is 29.8 Å². The molecule has 4 aromatic rings. The highest BCUT2D eigenvalue weighted by atomic mass is 19.1. The van der Waals surface area contributed by atoms with Gasteiger partial charge in [-0.15, -0.1) is 5.10 Å². The number of allylic oxidation sites excluding steroid dienone is 1. The van der Waals surface area contributed by atoms with E-state index in [0.717, 1.165) is 99.7 Å². The number of carbonyl (C=O) groups excluding carboxylic acids is 3. The number of imide groups is 1. The van der Waals surface area contributed by atoms with E-state index in [1.807, 2.05) is 18.2 Å². The minimum atomic E-state index is -0.590. The van der Waals surface area contributed by atoms with Crippen molar-refractivity contribution in [3.05, 3.63) is 93.9 Å². The quantitative estimate of drug-likeness (QED) is 0.182. The number of rotatable bonds is 8. The summed E-state index contributed by atoms with van der Waals surface area (Å²) >= 11 is 0. The average Bonchev–Trinajstić information content (AvgIpc) is 3.95. The Morgan fingerprint density at radius 3 is 2.24 bits per heavy atom. The van der Waals surface area contributed by atoms with Crippen LogP contribution in [0.5, 0.6) is 0 Å². The Kier molecular flexibility index (Phi) is 10.0. The summed E-state index contributed by atoms with van der Waals surface area (Å²) in [6.45, 7) is 7.57. The van der Waals surface area contributed by atoms with Gasteiger partial charge in [0.05, 0.1) is 10.9 Å². The number of aromatic nitrogens is 2. The second-order valence-corrected chi connectivity index (χ2v) is 17.7. The second kappa shape index (κ2) is 15.6. The Morgan fingerprint density at radius 1 is 0.724 bits per heavy atom. The molecule has 4 aliphatic heterocycles. The number of amides is 3. The summed E-state index contributed by atoms with van der Waals surface area (Å²) in [6.07, 6.45) is 12.4. The molecule has 1 atom stereocenters. The van der Waals surface area contributed by atoms with Crippen LogP contribution in [0.4, 0.5) is 15.8 Å². The van der Waals surface area contributed by atoms with E-state index in [1.165, 1.54) is 60.9 Å². The van der Waals surface area contributed by atoms with E-state index in [2.05, 4.69) is 66.6 Å². The van der Waals surface area contributed by atoms with Crippen LogP contribution in [-0.4, -0.2) is 89.6 Å². The molecular weight excluding hydrogens is 730 g/mol. The van der Waals surface area contributed by atoms with Crippen LogP contribution in [0.15, 0.2) is 60.2 Å². The largest absolute Gasteiger partial charge is 0.372 e. The van der Waals surface area contributed by atoms with E-state index >= 15 is 4.39 Å². The van der Waals surface area contributed by atoms with Crippen molar-refractivity contribution in [3.8, 4) is 0 Å². The number of hydrogen-bond acceptors (Lipinski definition) is 7. The Bertz CT molecular complexity index is 2260.